The minimum Gasteiger partial charge on any atom is -0.512 e. The molecule has 1 amide bonds. The average Bonchev–Trinajstić information content (AvgIpc) is 2.54. The number of carbonyl (C=O) groups is 2. The van der Waals surface area contributed by atoms with Gasteiger partial charge in [0.25, 0.3) is 5.91 Å². The quantitative estimate of drug-likeness (QED) is 0.477. The van der Waals surface area contributed by atoms with E-state index >= 15 is 0 Å². The predicted octanol–water partition coefficient (Wildman–Crippen LogP) is 3.60. The van der Waals surface area contributed by atoms with Gasteiger partial charge in [-0.1, -0.05) is 31.5 Å². The maximum absolute atomic E-state index is 11.8. The molecule has 0 radical (unpaired) electrons. The summed E-state index contributed by atoms with van der Waals surface area (Å²) in [7, 11) is 1.51. The van der Waals surface area contributed by atoms with Gasteiger partial charge in [0.2, 0.25) is 0 Å². The van der Waals surface area contributed by atoms with E-state index in [1.54, 1.807) is 32.0 Å². The molecule has 0 aromatic heterocycles. The molecule has 5 nitrogen and oxygen atoms in total. The van der Waals surface area contributed by atoms with E-state index in [4.69, 9.17) is 11.6 Å². The van der Waals surface area contributed by atoms with Gasteiger partial charge < -0.3 is 10.4 Å². The predicted molar refractivity (Wildman–Crippen MR) is 88.2 cm³/mol. The molecule has 1 aromatic carbocycles. The third kappa shape index (κ3) is 4.18. The minimum absolute atomic E-state index is 0.0193. The molecule has 1 rings (SSSR count). The van der Waals surface area contributed by atoms with Crippen molar-refractivity contribution >= 4 is 35.2 Å². The van der Waals surface area contributed by atoms with Crippen LogP contribution in [-0.4, -0.2) is 30.1 Å². The van der Waals surface area contributed by atoms with Crippen molar-refractivity contribution in [1.82, 2.24) is 5.32 Å². The fourth-order valence-electron chi connectivity index (χ4n) is 1.75. The van der Waals surface area contributed by atoms with Gasteiger partial charge in [0.15, 0.2) is 5.78 Å². The Morgan fingerprint density at radius 3 is 2.55 bits per heavy atom. The SMILES string of the molecule is CCC(=O)C(C=Nc1cccc(C(=O)NC)c1Cl)=C(O)CC. The summed E-state index contributed by atoms with van der Waals surface area (Å²) in [6, 6.07) is 4.85. The number of hydrogen-bond donors (Lipinski definition) is 2. The van der Waals surface area contributed by atoms with Crippen LogP contribution in [-0.2, 0) is 4.79 Å². The van der Waals surface area contributed by atoms with Crippen molar-refractivity contribution in [3.63, 3.8) is 0 Å². The van der Waals surface area contributed by atoms with Gasteiger partial charge in [-0.2, -0.15) is 0 Å². The number of aliphatic hydroxyl groups excluding tert-OH is 1. The summed E-state index contributed by atoms with van der Waals surface area (Å²) in [6.07, 6.45) is 1.88. The largest absolute Gasteiger partial charge is 0.512 e. The van der Waals surface area contributed by atoms with E-state index in [1.165, 1.54) is 13.3 Å². The second kappa shape index (κ2) is 8.34. The molecule has 0 bridgehead atoms. The van der Waals surface area contributed by atoms with Gasteiger partial charge >= 0.3 is 0 Å². The summed E-state index contributed by atoms with van der Waals surface area (Å²) < 4.78 is 0. The number of carbonyl (C=O) groups excluding carboxylic acids is 2. The fourth-order valence-corrected chi connectivity index (χ4v) is 2.01. The second-order valence-corrected chi connectivity index (χ2v) is 4.84. The molecule has 0 fully saturated rings. The molecule has 0 saturated heterocycles. The van der Waals surface area contributed by atoms with Crippen molar-refractivity contribution in [1.29, 1.82) is 0 Å². The molecule has 0 atom stereocenters. The number of halogens is 1. The molecular formula is C16H19ClN2O3. The molecule has 6 heteroatoms. The molecule has 2 N–H and O–H groups in total. The third-order valence-electron chi connectivity index (χ3n) is 3.05. The van der Waals surface area contributed by atoms with Crippen molar-refractivity contribution in [3.8, 4) is 0 Å². The average molecular weight is 323 g/mol. The molecule has 0 saturated carbocycles. The Kier molecular flexibility index (Phi) is 6.79. The lowest BCUT2D eigenvalue weighted by Gasteiger charge is -2.06. The molecule has 0 aliphatic heterocycles. The topological polar surface area (TPSA) is 78.8 Å². The zero-order valence-corrected chi connectivity index (χ0v) is 13.6. The lowest BCUT2D eigenvalue weighted by molar-refractivity contribution is -0.114. The number of aliphatic hydroxyl groups is 1. The first-order chi connectivity index (χ1) is 10.5. The van der Waals surface area contributed by atoms with Crippen molar-refractivity contribution in [3.05, 3.63) is 40.1 Å². The van der Waals surface area contributed by atoms with Gasteiger partial charge in [-0.15, -0.1) is 0 Å². The molecular weight excluding hydrogens is 304 g/mol. The van der Waals surface area contributed by atoms with Crippen molar-refractivity contribution in [2.75, 3.05) is 7.05 Å². The molecule has 1 aromatic rings. The van der Waals surface area contributed by atoms with E-state index < -0.39 is 0 Å². The van der Waals surface area contributed by atoms with Crippen LogP contribution in [0, 0.1) is 0 Å². The summed E-state index contributed by atoms with van der Waals surface area (Å²) in [4.78, 5) is 27.7. The molecule has 118 valence electrons. The first-order valence-electron chi connectivity index (χ1n) is 6.96. The van der Waals surface area contributed by atoms with Gasteiger partial charge in [0, 0.05) is 26.1 Å². The number of nitrogens with zero attached hydrogens (tertiary/aromatic N) is 1. The minimum atomic E-state index is -0.321. The Morgan fingerprint density at radius 2 is 2.00 bits per heavy atom. The van der Waals surface area contributed by atoms with Crippen LogP contribution in [0.15, 0.2) is 34.5 Å². The summed E-state index contributed by atoms with van der Waals surface area (Å²) in [5, 5.41) is 12.5. The van der Waals surface area contributed by atoms with Crippen LogP contribution < -0.4 is 5.32 Å². The van der Waals surface area contributed by atoms with Gasteiger partial charge in [0.05, 0.1) is 21.8 Å². The first kappa shape index (κ1) is 17.9. The highest BCUT2D eigenvalue weighted by Crippen LogP contribution is 2.28. The number of nitrogens with one attached hydrogen (secondary N) is 1. The van der Waals surface area contributed by atoms with Crippen molar-refractivity contribution in [2.24, 2.45) is 4.99 Å². The molecule has 0 unspecified atom stereocenters. The maximum atomic E-state index is 11.8. The highest BCUT2D eigenvalue weighted by molar-refractivity contribution is 6.36. The number of aliphatic imine (C=N–C) groups is 1. The Hall–Kier alpha value is -2.14. The summed E-state index contributed by atoms with van der Waals surface area (Å²) in [6.45, 7) is 3.45. The number of ketones is 1. The van der Waals surface area contributed by atoms with Gasteiger partial charge in [-0.05, 0) is 12.1 Å². The van der Waals surface area contributed by atoms with Crippen LogP contribution in [0.5, 0.6) is 0 Å². The van der Waals surface area contributed by atoms with E-state index in [0.717, 1.165) is 0 Å². The molecule has 0 spiro atoms. The van der Waals surface area contributed by atoms with Crippen LogP contribution in [0.2, 0.25) is 5.02 Å². The Morgan fingerprint density at radius 1 is 1.32 bits per heavy atom. The number of hydrogen-bond acceptors (Lipinski definition) is 4. The standard InChI is InChI=1S/C16H19ClN2O3/c1-4-13(20)11(14(21)5-2)9-19-12-8-6-7-10(15(12)17)16(22)18-3/h6-9,20H,4-5H2,1-3H3,(H,18,22). The van der Waals surface area contributed by atoms with E-state index in [2.05, 4.69) is 10.3 Å². The Balaban J connectivity index is 3.23. The maximum Gasteiger partial charge on any atom is 0.252 e. The number of allylic oxidation sites excluding steroid dienone is 2. The number of amides is 1. The van der Waals surface area contributed by atoms with Crippen LogP contribution >= 0.6 is 11.6 Å². The zero-order valence-electron chi connectivity index (χ0n) is 12.8. The molecule has 0 aliphatic carbocycles. The van der Waals surface area contributed by atoms with E-state index in [-0.39, 0.29) is 34.5 Å². The summed E-state index contributed by atoms with van der Waals surface area (Å²) in [5.41, 5.74) is 0.811. The van der Waals surface area contributed by atoms with Crippen LogP contribution in [0.25, 0.3) is 0 Å². The molecule has 0 aliphatic rings. The highest BCUT2D eigenvalue weighted by atomic mass is 35.5. The Bertz CT molecular complexity index is 636. The summed E-state index contributed by atoms with van der Waals surface area (Å²) >= 11 is 6.15. The van der Waals surface area contributed by atoms with E-state index in [1.807, 2.05) is 0 Å². The van der Waals surface area contributed by atoms with Gasteiger partial charge in [0.1, 0.15) is 5.76 Å². The van der Waals surface area contributed by atoms with Crippen LogP contribution in [0.3, 0.4) is 0 Å². The highest BCUT2D eigenvalue weighted by Gasteiger charge is 2.13. The smallest absolute Gasteiger partial charge is 0.252 e. The number of rotatable bonds is 6. The third-order valence-corrected chi connectivity index (χ3v) is 3.45. The normalized spacial score (nSPS) is 12.2. The number of benzene rings is 1. The van der Waals surface area contributed by atoms with Crippen molar-refractivity contribution in [2.45, 2.75) is 26.7 Å². The molecule has 22 heavy (non-hydrogen) atoms. The zero-order chi connectivity index (χ0) is 16.7. The van der Waals surface area contributed by atoms with Crippen LogP contribution in [0.1, 0.15) is 37.0 Å². The molecule has 0 heterocycles. The van der Waals surface area contributed by atoms with E-state index in [9.17, 15) is 14.7 Å². The Labute approximate surface area is 134 Å². The first-order valence-corrected chi connectivity index (χ1v) is 7.33. The van der Waals surface area contributed by atoms with Crippen LogP contribution in [0.4, 0.5) is 5.69 Å². The van der Waals surface area contributed by atoms with Crippen molar-refractivity contribution < 1.29 is 14.7 Å². The van der Waals surface area contributed by atoms with Gasteiger partial charge in [-0.25, -0.2) is 0 Å². The number of Topliss-reactive ketones (excluding diaryl/α,β-unsaturated/α-hetero) is 1. The van der Waals surface area contributed by atoms with Gasteiger partial charge in [-0.3, -0.25) is 14.6 Å². The fraction of sp³-hybridized carbons (Fsp3) is 0.312. The monoisotopic (exact) mass is 322 g/mol. The second-order valence-electron chi connectivity index (χ2n) is 4.47. The summed E-state index contributed by atoms with van der Waals surface area (Å²) in [5.74, 6) is -0.547. The van der Waals surface area contributed by atoms with E-state index in [0.29, 0.717) is 17.7 Å². The lowest BCUT2D eigenvalue weighted by atomic mass is 10.1. The lowest BCUT2D eigenvalue weighted by Crippen LogP contribution is -2.18.